The second-order valence-corrected chi connectivity index (χ2v) is 4.57. The van der Waals surface area contributed by atoms with Crippen LogP contribution in [0.2, 0.25) is 0 Å². The van der Waals surface area contributed by atoms with Crippen molar-refractivity contribution in [3.05, 3.63) is 51.8 Å². The predicted molar refractivity (Wildman–Crippen MR) is 72.3 cm³/mol. The highest BCUT2D eigenvalue weighted by molar-refractivity contribution is 5.59. The third-order valence-corrected chi connectivity index (χ3v) is 2.93. The fourth-order valence-corrected chi connectivity index (χ4v) is 1.82. The van der Waals surface area contributed by atoms with Gasteiger partial charge in [0.2, 0.25) is 0 Å². The van der Waals surface area contributed by atoms with Gasteiger partial charge in [-0.2, -0.15) is 5.10 Å². The fourth-order valence-electron chi connectivity index (χ4n) is 1.82. The van der Waals surface area contributed by atoms with Gasteiger partial charge >= 0.3 is 0 Å². The molecule has 0 bridgehead atoms. The molecule has 0 radical (unpaired) electrons. The van der Waals surface area contributed by atoms with Gasteiger partial charge in [-0.05, 0) is 19.9 Å². The molecule has 1 aromatic carbocycles. The molecule has 0 fully saturated rings. The highest BCUT2D eigenvalue weighted by Crippen LogP contribution is 2.18. The molecule has 2 rings (SSSR count). The van der Waals surface area contributed by atoms with E-state index < -0.39 is 0 Å². The molecule has 0 amide bonds. The molecule has 0 spiro atoms. The zero-order valence-corrected chi connectivity index (χ0v) is 10.8. The van der Waals surface area contributed by atoms with E-state index in [1.165, 1.54) is 10.2 Å². The average Bonchev–Trinajstić information content (AvgIpc) is 2.33. The van der Waals surface area contributed by atoms with Crippen molar-refractivity contribution < 1.29 is 0 Å². The summed E-state index contributed by atoms with van der Waals surface area (Å²) in [5.41, 5.74) is 9.20. The van der Waals surface area contributed by atoms with E-state index in [-0.39, 0.29) is 11.6 Å². The number of nitrogens with two attached hydrogens (primary N) is 1. The molecule has 1 atom stereocenters. The van der Waals surface area contributed by atoms with Crippen molar-refractivity contribution in [2.24, 2.45) is 12.8 Å². The lowest BCUT2D eigenvalue weighted by Crippen LogP contribution is -2.27. The van der Waals surface area contributed by atoms with Gasteiger partial charge in [0, 0.05) is 24.2 Å². The van der Waals surface area contributed by atoms with Gasteiger partial charge in [-0.1, -0.05) is 29.8 Å². The molecule has 4 nitrogen and oxygen atoms in total. The molecule has 1 heterocycles. The molecular formula is C14H17N3O. The molecule has 0 aliphatic heterocycles. The third-order valence-electron chi connectivity index (χ3n) is 2.93. The molecule has 0 saturated heterocycles. The highest BCUT2D eigenvalue weighted by Gasteiger charge is 2.10. The van der Waals surface area contributed by atoms with Crippen molar-refractivity contribution in [1.82, 2.24) is 9.78 Å². The minimum absolute atomic E-state index is 0.138. The Labute approximate surface area is 106 Å². The lowest BCUT2D eigenvalue weighted by molar-refractivity contribution is 0.675. The summed E-state index contributed by atoms with van der Waals surface area (Å²) < 4.78 is 1.34. The fraction of sp³-hybridized carbons (Fsp3) is 0.286. The van der Waals surface area contributed by atoms with E-state index in [1.54, 1.807) is 20.0 Å². The van der Waals surface area contributed by atoms with Crippen LogP contribution in [-0.4, -0.2) is 9.78 Å². The van der Waals surface area contributed by atoms with E-state index in [0.717, 1.165) is 11.3 Å². The normalized spacial score (nSPS) is 12.4. The van der Waals surface area contributed by atoms with E-state index in [4.69, 9.17) is 5.73 Å². The first-order chi connectivity index (χ1) is 8.49. The standard InChI is InChI=1S/C14H17N3O/c1-9-4-6-11(7-5-9)13-8-12(10(2)15)14(18)17(3)16-13/h4-8,10H,15H2,1-3H3. The minimum atomic E-state index is -0.295. The van der Waals surface area contributed by atoms with Crippen molar-refractivity contribution in [3.63, 3.8) is 0 Å². The van der Waals surface area contributed by atoms with Crippen LogP contribution in [-0.2, 0) is 7.05 Å². The largest absolute Gasteiger partial charge is 0.324 e. The average molecular weight is 243 g/mol. The maximum atomic E-state index is 11.9. The van der Waals surface area contributed by atoms with Crippen molar-refractivity contribution in [3.8, 4) is 11.3 Å². The first-order valence-corrected chi connectivity index (χ1v) is 5.90. The number of benzene rings is 1. The van der Waals surface area contributed by atoms with Gasteiger partial charge in [0.25, 0.3) is 5.56 Å². The molecule has 2 aromatic rings. The summed E-state index contributed by atoms with van der Waals surface area (Å²) in [5, 5.41) is 4.26. The minimum Gasteiger partial charge on any atom is -0.324 e. The van der Waals surface area contributed by atoms with Crippen molar-refractivity contribution in [1.29, 1.82) is 0 Å². The molecule has 1 aromatic heterocycles. The third kappa shape index (κ3) is 2.33. The Kier molecular flexibility index (Phi) is 3.30. The van der Waals surface area contributed by atoms with E-state index in [0.29, 0.717) is 5.56 Å². The maximum absolute atomic E-state index is 11.9. The summed E-state index contributed by atoms with van der Waals surface area (Å²) >= 11 is 0. The van der Waals surface area contributed by atoms with Gasteiger partial charge < -0.3 is 5.73 Å². The lowest BCUT2D eigenvalue weighted by atomic mass is 10.1. The highest BCUT2D eigenvalue weighted by atomic mass is 16.1. The molecule has 18 heavy (non-hydrogen) atoms. The molecule has 4 heteroatoms. The Morgan fingerprint density at radius 2 is 1.89 bits per heavy atom. The first kappa shape index (κ1) is 12.5. The SMILES string of the molecule is Cc1ccc(-c2cc(C(C)N)c(=O)n(C)n2)cc1. The monoisotopic (exact) mass is 243 g/mol. The van der Waals surface area contributed by atoms with Gasteiger partial charge in [0.05, 0.1) is 5.69 Å². The molecular weight excluding hydrogens is 226 g/mol. The summed E-state index contributed by atoms with van der Waals surface area (Å²) in [6.45, 7) is 3.83. The lowest BCUT2D eigenvalue weighted by Gasteiger charge is -2.10. The first-order valence-electron chi connectivity index (χ1n) is 5.90. The molecule has 0 aliphatic rings. The van der Waals surface area contributed by atoms with Gasteiger partial charge in [-0.25, -0.2) is 4.68 Å². The van der Waals surface area contributed by atoms with Crippen LogP contribution in [0.5, 0.6) is 0 Å². The Morgan fingerprint density at radius 3 is 2.44 bits per heavy atom. The van der Waals surface area contributed by atoms with Crippen LogP contribution < -0.4 is 11.3 Å². The van der Waals surface area contributed by atoms with Crippen molar-refractivity contribution in [2.45, 2.75) is 19.9 Å². The van der Waals surface area contributed by atoms with Gasteiger partial charge in [-0.15, -0.1) is 0 Å². The van der Waals surface area contributed by atoms with Crippen LogP contribution >= 0.6 is 0 Å². The zero-order chi connectivity index (χ0) is 13.3. The Balaban J connectivity index is 2.59. The van der Waals surface area contributed by atoms with E-state index in [1.807, 2.05) is 31.2 Å². The number of aromatic nitrogens is 2. The van der Waals surface area contributed by atoms with Crippen LogP contribution in [0.1, 0.15) is 24.1 Å². The zero-order valence-electron chi connectivity index (χ0n) is 10.8. The van der Waals surface area contributed by atoms with E-state index in [2.05, 4.69) is 5.10 Å². The quantitative estimate of drug-likeness (QED) is 0.874. The van der Waals surface area contributed by atoms with Crippen molar-refractivity contribution >= 4 is 0 Å². The smallest absolute Gasteiger partial charge is 0.271 e. The summed E-state index contributed by atoms with van der Waals surface area (Å²) in [7, 11) is 1.64. The number of rotatable bonds is 2. The van der Waals surface area contributed by atoms with Gasteiger partial charge in [0.1, 0.15) is 0 Å². The molecule has 2 N–H and O–H groups in total. The van der Waals surface area contributed by atoms with Crippen LogP contribution in [0.4, 0.5) is 0 Å². The Bertz CT molecular complexity index is 612. The topological polar surface area (TPSA) is 60.9 Å². The molecule has 94 valence electrons. The van der Waals surface area contributed by atoms with E-state index in [9.17, 15) is 4.79 Å². The predicted octanol–water partition coefficient (Wildman–Crippen LogP) is 1.78. The van der Waals surface area contributed by atoms with Crippen LogP contribution in [0.15, 0.2) is 35.1 Å². The number of hydrogen-bond acceptors (Lipinski definition) is 3. The second kappa shape index (κ2) is 4.74. The van der Waals surface area contributed by atoms with Gasteiger partial charge in [-0.3, -0.25) is 4.79 Å². The van der Waals surface area contributed by atoms with Crippen LogP contribution in [0.25, 0.3) is 11.3 Å². The Morgan fingerprint density at radius 1 is 1.28 bits per heavy atom. The van der Waals surface area contributed by atoms with Gasteiger partial charge in [0.15, 0.2) is 0 Å². The van der Waals surface area contributed by atoms with Crippen LogP contribution in [0.3, 0.4) is 0 Å². The summed E-state index contributed by atoms with van der Waals surface area (Å²) in [6.07, 6.45) is 0. The summed E-state index contributed by atoms with van der Waals surface area (Å²) in [5.74, 6) is 0. The number of nitrogens with zero attached hydrogens (tertiary/aromatic N) is 2. The molecule has 0 saturated carbocycles. The summed E-state index contributed by atoms with van der Waals surface area (Å²) in [4.78, 5) is 11.9. The van der Waals surface area contributed by atoms with Crippen LogP contribution in [0, 0.1) is 6.92 Å². The molecule has 0 aliphatic carbocycles. The number of hydrogen-bond donors (Lipinski definition) is 1. The van der Waals surface area contributed by atoms with E-state index >= 15 is 0 Å². The maximum Gasteiger partial charge on any atom is 0.271 e. The van der Waals surface area contributed by atoms with Crippen molar-refractivity contribution in [2.75, 3.05) is 0 Å². The summed E-state index contributed by atoms with van der Waals surface area (Å²) in [6, 6.07) is 9.51. The second-order valence-electron chi connectivity index (χ2n) is 4.57. The molecule has 1 unspecified atom stereocenters. The Hall–Kier alpha value is -1.94. The number of aryl methyl sites for hydroxylation is 2.